The average Bonchev–Trinajstić information content (AvgIpc) is 3.14. The summed E-state index contributed by atoms with van der Waals surface area (Å²) in [6, 6.07) is 9.43. The summed E-state index contributed by atoms with van der Waals surface area (Å²) in [5.74, 6) is -0.929. The molecule has 1 amide bonds. The number of sulfone groups is 1. The van der Waals surface area contributed by atoms with E-state index in [4.69, 9.17) is 23.2 Å². The second-order valence-corrected chi connectivity index (χ2v) is 11.6. The van der Waals surface area contributed by atoms with Gasteiger partial charge in [-0.05, 0) is 29.8 Å². The molecule has 0 bridgehead atoms. The van der Waals surface area contributed by atoms with E-state index < -0.39 is 43.8 Å². The molecule has 2 aromatic rings. The summed E-state index contributed by atoms with van der Waals surface area (Å²) in [4.78, 5) is 18.1. The summed E-state index contributed by atoms with van der Waals surface area (Å²) in [6.45, 7) is 0. The molecular formula is C20H15Cl2F3N2O3S2. The van der Waals surface area contributed by atoms with Crippen LogP contribution in [0.1, 0.15) is 11.1 Å². The summed E-state index contributed by atoms with van der Waals surface area (Å²) in [5.41, 5.74) is -0.414. The molecule has 4 rings (SSSR count). The van der Waals surface area contributed by atoms with E-state index in [-0.39, 0.29) is 28.8 Å². The maximum atomic E-state index is 13.4. The number of rotatable bonds is 3. The molecule has 5 nitrogen and oxygen atoms in total. The van der Waals surface area contributed by atoms with E-state index in [9.17, 15) is 26.4 Å². The van der Waals surface area contributed by atoms with Gasteiger partial charge in [-0.15, -0.1) is 0 Å². The van der Waals surface area contributed by atoms with Crippen molar-refractivity contribution in [2.45, 2.75) is 23.9 Å². The molecule has 0 aliphatic carbocycles. The number of nitrogens with zero attached hydrogens (tertiary/aromatic N) is 2. The Labute approximate surface area is 196 Å². The van der Waals surface area contributed by atoms with Crippen molar-refractivity contribution in [3.8, 4) is 0 Å². The molecule has 2 aliphatic rings. The lowest BCUT2D eigenvalue weighted by Crippen LogP contribution is -2.38. The van der Waals surface area contributed by atoms with Crippen LogP contribution >= 0.6 is 35.0 Å². The van der Waals surface area contributed by atoms with E-state index in [1.807, 2.05) is 0 Å². The molecule has 32 heavy (non-hydrogen) atoms. The van der Waals surface area contributed by atoms with Gasteiger partial charge in [0, 0.05) is 16.0 Å². The summed E-state index contributed by atoms with van der Waals surface area (Å²) in [7, 11) is -3.37. The van der Waals surface area contributed by atoms with E-state index in [0.29, 0.717) is 10.6 Å². The third-order valence-corrected chi connectivity index (χ3v) is 9.03. The minimum Gasteiger partial charge on any atom is -0.316 e. The normalized spacial score (nSPS) is 23.5. The third-order valence-electron chi connectivity index (χ3n) is 5.12. The molecule has 0 unspecified atom stereocenters. The summed E-state index contributed by atoms with van der Waals surface area (Å²) >= 11 is 12.9. The number of thioether (sulfide) groups is 1. The Kier molecular flexibility index (Phi) is 6.26. The summed E-state index contributed by atoms with van der Waals surface area (Å²) < 4.78 is 64.5. The van der Waals surface area contributed by atoms with Crippen molar-refractivity contribution in [1.82, 2.24) is 0 Å². The van der Waals surface area contributed by atoms with Gasteiger partial charge in [0.2, 0.25) is 0 Å². The molecule has 0 aromatic heterocycles. The summed E-state index contributed by atoms with van der Waals surface area (Å²) in [5, 5.41) is -0.372. The van der Waals surface area contributed by atoms with Crippen LogP contribution in [0.15, 0.2) is 47.5 Å². The van der Waals surface area contributed by atoms with Crippen molar-refractivity contribution in [3.05, 3.63) is 63.6 Å². The number of amides is 1. The molecule has 12 heteroatoms. The molecular weight excluding hydrogens is 508 g/mol. The number of carbonyl (C=O) groups is 1. The minimum atomic E-state index is -4.70. The largest absolute Gasteiger partial charge is 0.417 e. The van der Waals surface area contributed by atoms with Crippen molar-refractivity contribution in [1.29, 1.82) is 0 Å². The lowest BCUT2D eigenvalue weighted by atomic mass is 10.1. The van der Waals surface area contributed by atoms with Gasteiger partial charge < -0.3 is 4.90 Å². The number of hydrogen-bond donors (Lipinski definition) is 0. The number of benzene rings is 2. The van der Waals surface area contributed by atoms with Gasteiger partial charge in [-0.2, -0.15) is 18.2 Å². The first-order valence-corrected chi connectivity index (χ1v) is 12.8. The Morgan fingerprint density at radius 1 is 1.12 bits per heavy atom. The van der Waals surface area contributed by atoms with Gasteiger partial charge in [-0.25, -0.2) is 8.42 Å². The van der Waals surface area contributed by atoms with Gasteiger partial charge in [0.15, 0.2) is 15.0 Å². The molecule has 2 fully saturated rings. The number of alkyl halides is 3. The number of halogens is 5. The minimum absolute atomic E-state index is 0.0723. The topological polar surface area (TPSA) is 66.8 Å². The number of aliphatic imine (C=N–C) groups is 1. The number of anilines is 1. The fourth-order valence-electron chi connectivity index (χ4n) is 3.70. The molecule has 2 aliphatic heterocycles. The Morgan fingerprint density at radius 3 is 2.53 bits per heavy atom. The Hall–Kier alpha value is -1.75. The van der Waals surface area contributed by atoms with Crippen LogP contribution in [0.5, 0.6) is 0 Å². The standard InChI is InChI=1S/C20H15Cl2F3N2O3S2/c21-14-4-2-1-3-11(14)7-18(28)26-19-27(16-9-32(29,30)10-17(16)31-19)12-5-6-15(22)13(8-12)20(23,24)25/h1-6,8,16-17H,7,9-10H2/t16-,17-/m0/s1. The first-order chi connectivity index (χ1) is 14.9. The van der Waals surface area contributed by atoms with Crippen molar-refractivity contribution < 1.29 is 26.4 Å². The highest BCUT2D eigenvalue weighted by Crippen LogP contribution is 2.43. The van der Waals surface area contributed by atoms with Crippen LogP contribution in [0, 0.1) is 0 Å². The highest BCUT2D eigenvalue weighted by Gasteiger charge is 2.49. The maximum absolute atomic E-state index is 13.4. The Balaban J connectivity index is 1.72. The highest BCUT2D eigenvalue weighted by molar-refractivity contribution is 8.16. The molecule has 170 valence electrons. The van der Waals surface area contributed by atoms with Crippen molar-refractivity contribution in [3.63, 3.8) is 0 Å². The second kappa shape index (κ2) is 8.55. The molecule has 0 saturated carbocycles. The number of amidine groups is 1. The van der Waals surface area contributed by atoms with Crippen molar-refractivity contribution in [2.24, 2.45) is 4.99 Å². The fourth-order valence-corrected chi connectivity index (χ4v) is 8.06. The second-order valence-electron chi connectivity index (χ2n) is 7.39. The number of carbonyl (C=O) groups excluding carboxylic acids is 1. The fraction of sp³-hybridized carbons (Fsp3) is 0.300. The van der Waals surface area contributed by atoms with Crippen LogP contribution in [0.25, 0.3) is 0 Å². The van der Waals surface area contributed by atoms with Crippen LogP contribution in [-0.2, 0) is 27.2 Å². The van der Waals surface area contributed by atoms with Crippen molar-refractivity contribution >= 4 is 61.6 Å². The zero-order chi connectivity index (χ0) is 23.3. The quantitative estimate of drug-likeness (QED) is 0.576. The molecule has 2 aromatic carbocycles. The van der Waals surface area contributed by atoms with Gasteiger partial charge in [-0.3, -0.25) is 4.79 Å². The van der Waals surface area contributed by atoms with E-state index in [1.54, 1.807) is 24.3 Å². The van der Waals surface area contributed by atoms with E-state index >= 15 is 0 Å². The maximum Gasteiger partial charge on any atom is 0.417 e. The van der Waals surface area contributed by atoms with Gasteiger partial charge in [0.1, 0.15) is 0 Å². The Morgan fingerprint density at radius 2 is 1.84 bits per heavy atom. The van der Waals surface area contributed by atoms with Crippen LogP contribution < -0.4 is 4.90 Å². The summed E-state index contributed by atoms with van der Waals surface area (Å²) in [6.07, 6.45) is -4.79. The van der Waals surface area contributed by atoms with Crippen molar-refractivity contribution in [2.75, 3.05) is 16.4 Å². The first-order valence-electron chi connectivity index (χ1n) is 9.32. The lowest BCUT2D eigenvalue weighted by Gasteiger charge is -2.25. The molecule has 2 saturated heterocycles. The van der Waals surface area contributed by atoms with Crippen LogP contribution in [0.2, 0.25) is 10.0 Å². The average molecular weight is 523 g/mol. The first kappa shape index (κ1) is 23.4. The third kappa shape index (κ3) is 4.78. The van der Waals surface area contributed by atoms with Crippen LogP contribution in [0.4, 0.5) is 18.9 Å². The molecule has 0 radical (unpaired) electrons. The van der Waals surface area contributed by atoms with Crippen LogP contribution in [-0.4, -0.2) is 42.3 Å². The predicted molar refractivity (Wildman–Crippen MR) is 120 cm³/mol. The number of hydrogen-bond acceptors (Lipinski definition) is 4. The Bertz CT molecular complexity index is 1220. The smallest absolute Gasteiger partial charge is 0.316 e. The molecule has 2 heterocycles. The van der Waals surface area contributed by atoms with E-state index in [2.05, 4.69) is 4.99 Å². The van der Waals surface area contributed by atoms with Gasteiger partial charge in [-0.1, -0.05) is 53.2 Å². The monoisotopic (exact) mass is 522 g/mol. The van der Waals surface area contributed by atoms with Gasteiger partial charge in [0.25, 0.3) is 5.91 Å². The molecule has 0 N–H and O–H groups in total. The predicted octanol–water partition coefficient (Wildman–Crippen LogP) is 4.86. The van der Waals surface area contributed by atoms with Crippen LogP contribution in [0.3, 0.4) is 0 Å². The van der Waals surface area contributed by atoms with Gasteiger partial charge >= 0.3 is 6.18 Å². The zero-order valence-corrected chi connectivity index (χ0v) is 19.3. The van der Waals surface area contributed by atoms with E-state index in [0.717, 1.165) is 23.9 Å². The molecule has 2 atom stereocenters. The number of fused-ring (bicyclic) bond motifs is 1. The van der Waals surface area contributed by atoms with E-state index in [1.165, 1.54) is 11.0 Å². The highest BCUT2D eigenvalue weighted by atomic mass is 35.5. The lowest BCUT2D eigenvalue weighted by molar-refractivity contribution is -0.137. The zero-order valence-electron chi connectivity index (χ0n) is 16.1. The molecule has 0 spiro atoms. The van der Waals surface area contributed by atoms with Gasteiger partial charge in [0.05, 0.1) is 34.6 Å². The SMILES string of the molecule is O=C(Cc1ccccc1Cl)N=C1S[C@H]2CS(=O)(=O)C[C@@H]2N1c1ccc(Cl)c(C(F)(F)F)c1.